The molecule has 4 rings (SSSR count). The lowest BCUT2D eigenvalue weighted by atomic mass is 10.1. The average Bonchev–Trinajstić information content (AvgIpc) is 2.90. The fraction of sp³-hybridized carbons (Fsp3) is 0.158. The van der Waals surface area contributed by atoms with Gasteiger partial charge in [-0.1, -0.05) is 36.4 Å². The summed E-state index contributed by atoms with van der Waals surface area (Å²) in [6.07, 6.45) is 6.23. The molecule has 3 aromatic rings. The molecular weight excluding hydrogens is 258 g/mol. The Bertz CT molecular complexity index is 830. The second-order valence-corrected chi connectivity index (χ2v) is 5.36. The standard InChI is InChI=1S/C19H17NO/c1-21-15-12-10-14(11-13-15)20-18-8-4-2-6-16(18)17-7-3-5-9-19(17)20/h2-10,12H,11,13H2,1H3. The van der Waals surface area contributed by atoms with Gasteiger partial charge in [-0.15, -0.1) is 0 Å². The molecule has 2 heteroatoms. The van der Waals surface area contributed by atoms with Crippen LogP contribution in [0.4, 0.5) is 0 Å². The van der Waals surface area contributed by atoms with Crippen LogP contribution in [0.2, 0.25) is 0 Å². The lowest BCUT2D eigenvalue weighted by Gasteiger charge is -2.16. The van der Waals surface area contributed by atoms with Gasteiger partial charge in [0, 0.05) is 22.9 Å². The van der Waals surface area contributed by atoms with E-state index in [0.717, 1.165) is 18.6 Å². The van der Waals surface area contributed by atoms with Crippen molar-refractivity contribution < 1.29 is 4.74 Å². The highest BCUT2D eigenvalue weighted by Crippen LogP contribution is 2.34. The van der Waals surface area contributed by atoms with Gasteiger partial charge >= 0.3 is 0 Å². The number of para-hydroxylation sites is 2. The number of benzene rings is 2. The predicted octanol–water partition coefficient (Wildman–Crippen LogP) is 4.96. The Balaban J connectivity index is 2.03. The summed E-state index contributed by atoms with van der Waals surface area (Å²) >= 11 is 0. The zero-order valence-corrected chi connectivity index (χ0v) is 12.0. The Morgan fingerprint density at radius 2 is 1.43 bits per heavy atom. The first-order chi connectivity index (χ1) is 10.4. The lowest BCUT2D eigenvalue weighted by Crippen LogP contribution is -2.01. The fourth-order valence-electron chi connectivity index (χ4n) is 3.20. The molecule has 0 N–H and O–H groups in total. The Hall–Kier alpha value is -2.48. The highest BCUT2D eigenvalue weighted by Gasteiger charge is 2.15. The Morgan fingerprint density at radius 3 is 1.95 bits per heavy atom. The third-order valence-corrected chi connectivity index (χ3v) is 4.22. The maximum absolute atomic E-state index is 5.34. The van der Waals surface area contributed by atoms with Gasteiger partial charge in [0.2, 0.25) is 0 Å². The topological polar surface area (TPSA) is 14.2 Å². The number of aromatic nitrogens is 1. The molecule has 0 saturated carbocycles. The van der Waals surface area contributed by atoms with E-state index >= 15 is 0 Å². The fourth-order valence-corrected chi connectivity index (χ4v) is 3.20. The summed E-state index contributed by atoms with van der Waals surface area (Å²) in [7, 11) is 1.74. The maximum atomic E-state index is 5.34. The predicted molar refractivity (Wildman–Crippen MR) is 88.0 cm³/mol. The van der Waals surface area contributed by atoms with Crippen LogP contribution in [0, 0.1) is 0 Å². The first kappa shape index (κ1) is 12.3. The molecule has 1 aromatic heterocycles. The normalized spacial score (nSPS) is 15.1. The van der Waals surface area contributed by atoms with Gasteiger partial charge in [0.05, 0.1) is 23.9 Å². The molecule has 0 atom stereocenters. The number of fused-ring (bicyclic) bond motifs is 3. The van der Waals surface area contributed by atoms with Crippen molar-refractivity contribution in [2.24, 2.45) is 0 Å². The van der Waals surface area contributed by atoms with Gasteiger partial charge in [0.15, 0.2) is 0 Å². The second kappa shape index (κ2) is 4.81. The summed E-state index contributed by atoms with van der Waals surface area (Å²) in [5.74, 6) is 1.06. The van der Waals surface area contributed by atoms with Crippen LogP contribution in [-0.2, 0) is 4.74 Å². The van der Waals surface area contributed by atoms with Crippen LogP contribution in [0.25, 0.3) is 27.5 Å². The van der Waals surface area contributed by atoms with Crippen molar-refractivity contribution in [3.05, 3.63) is 66.4 Å². The number of ether oxygens (including phenoxy) is 1. The van der Waals surface area contributed by atoms with Crippen LogP contribution in [0.1, 0.15) is 12.8 Å². The maximum Gasteiger partial charge on any atom is 0.0959 e. The van der Waals surface area contributed by atoms with Crippen molar-refractivity contribution >= 4 is 27.5 Å². The van der Waals surface area contributed by atoms with Crippen LogP contribution >= 0.6 is 0 Å². The summed E-state index contributed by atoms with van der Waals surface area (Å²) in [6, 6.07) is 17.2. The molecule has 1 aliphatic rings. The SMILES string of the molecule is COC1=CC=C(n2c3ccccc3c3ccccc32)CC1. The lowest BCUT2D eigenvalue weighted by molar-refractivity contribution is 0.277. The summed E-state index contributed by atoms with van der Waals surface area (Å²) < 4.78 is 7.72. The van der Waals surface area contributed by atoms with E-state index in [1.165, 1.54) is 27.5 Å². The average molecular weight is 275 g/mol. The van der Waals surface area contributed by atoms with Gasteiger partial charge in [-0.2, -0.15) is 0 Å². The highest BCUT2D eigenvalue weighted by molar-refractivity contribution is 6.10. The largest absolute Gasteiger partial charge is 0.501 e. The summed E-state index contributed by atoms with van der Waals surface area (Å²) in [6.45, 7) is 0. The zero-order valence-electron chi connectivity index (χ0n) is 12.0. The number of methoxy groups -OCH3 is 1. The van der Waals surface area contributed by atoms with E-state index in [-0.39, 0.29) is 0 Å². The quantitative estimate of drug-likeness (QED) is 0.644. The molecule has 0 radical (unpaired) electrons. The van der Waals surface area contributed by atoms with E-state index in [4.69, 9.17) is 4.74 Å². The molecule has 0 bridgehead atoms. The van der Waals surface area contributed by atoms with E-state index < -0.39 is 0 Å². The van der Waals surface area contributed by atoms with Crippen LogP contribution in [-0.4, -0.2) is 11.7 Å². The number of allylic oxidation sites excluding steroid dienone is 4. The summed E-state index contributed by atoms with van der Waals surface area (Å²) in [4.78, 5) is 0. The van der Waals surface area contributed by atoms with Gasteiger partial charge in [-0.3, -0.25) is 0 Å². The van der Waals surface area contributed by atoms with Crippen molar-refractivity contribution in [2.75, 3.05) is 7.11 Å². The molecule has 104 valence electrons. The molecule has 0 spiro atoms. The minimum atomic E-state index is 0.961. The van der Waals surface area contributed by atoms with Gasteiger partial charge in [-0.05, 0) is 30.7 Å². The molecule has 0 fully saturated rings. The molecule has 0 aliphatic heterocycles. The van der Waals surface area contributed by atoms with Crippen LogP contribution in [0.3, 0.4) is 0 Å². The Labute approximate surface area is 123 Å². The van der Waals surface area contributed by atoms with Gasteiger partial charge in [-0.25, -0.2) is 0 Å². The van der Waals surface area contributed by atoms with Crippen molar-refractivity contribution in [3.63, 3.8) is 0 Å². The van der Waals surface area contributed by atoms with E-state index in [1.807, 2.05) is 0 Å². The monoisotopic (exact) mass is 275 g/mol. The zero-order chi connectivity index (χ0) is 14.2. The van der Waals surface area contributed by atoms with Crippen molar-refractivity contribution in [3.8, 4) is 0 Å². The van der Waals surface area contributed by atoms with Crippen LogP contribution < -0.4 is 0 Å². The number of hydrogen-bond acceptors (Lipinski definition) is 1. The van der Waals surface area contributed by atoms with Gasteiger partial charge in [0.25, 0.3) is 0 Å². The Kier molecular flexibility index (Phi) is 2.81. The molecule has 1 aliphatic carbocycles. The summed E-state index contributed by atoms with van der Waals surface area (Å²) in [5, 5.41) is 2.63. The molecule has 2 nitrogen and oxygen atoms in total. The van der Waals surface area contributed by atoms with Crippen LogP contribution in [0.5, 0.6) is 0 Å². The van der Waals surface area contributed by atoms with Crippen molar-refractivity contribution in [1.29, 1.82) is 0 Å². The Morgan fingerprint density at radius 1 is 0.810 bits per heavy atom. The third-order valence-electron chi connectivity index (χ3n) is 4.22. The minimum absolute atomic E-state index is 0.961. The molecular formula is C19H17NO. The first-order valence-electron chi connectivity index (χ1n) is 7.31. The second-order valence-electron chi connectivity index (χ2n) is 5.36. The molecule has 0 saturated heterocycles. The summed E-state index contributed by atoms with van der Waals surface area (Å²) in [5.41, 5.74) is 3.88. The molecule has 21 heavy (non-hydrogen) atoms. The van der Waals surface area contributed by atoms with E-state index in [0.29, 0.717) is 0 Å². The smallest absolute Gasteiger partial charge is 0.0959 e. The first-order valence-corrected chi connectivity index (χ1v) is 7.31. The highest BCUT2D eigenvalue weighted by atomic mass is 16.5. The van der Waals surface area contributed by atoms with Crippen molar-refractivity contribution in [2.45, 2.75) is 12.8 Å². The molecule has 2 aromatic carbocycles. The number of rotatable bonds is 2. The minimum Gasteiger partial charge on any atom is -0.501 e. The molecule has 0 unspecified atom stereocenters. The number of hydrogen-bond donors (Lipinski definition) is 0. The van der Waals surface area contributed by atoms with E-state index in [9.17, 15) is 0 Å². The van der Waals surface area contributed by atoms with E-state index in [1.54, 1.807) is 7.11 Å². The van der Waals surface area contributed by atoms with Crippen LogP contribution in [0.15, 0.2) is 66.4 Å². The third kappa shape index (κ3) is 1.87. The molecule has 0 amide bonds. The van der Waals surface area contributed by atoms with Gasteiger partial charge < -0.3 is 9.30 Å². The number of nitrogens with zero attached hydrogens (tertiary/aromatic N) is 1. The van der Waals surface area contributed by atoms with Crippen molar-refractivity contribution in [1.82, 2.24) is 4.57 Å². The van der Waals surface area contributed by atoms with E-state index in [2.05, 4.69) is 65.3 Å². The van der Waals surface area contributed by atoms with Gasteiger partial charge in [0.1, 0.15) is 0 Å². The molecule has 1 heterocycles.